The van der Waals surface area contributed by atoms with Gasteiger partial charge in [0.05, 0.1) is 8.81 Å². The lowest BCUT2D eigenvalue weighted by Crippen LogP contribution is -2.30. The van der Waals surface area contributed by atoms with Gasteiger partial charge < -0.3 is 0 Å². The highest BCUT2D eigenvalue weighted by atomic mass is 79.9. The van der Waals surface area contributed by atoms with E-state index in [0.29, 0.717) is 8.81 Å². The molecule has 0 radical (unpaired) electrons. The quantitative estimate of drug-likeness (QED) is 0.778. The Balaban J connectivity index is 1.90. The van der Waals surface area contributed by atoms with Crippen LogP contribution in [0.25, 0.3) is 0 Å². The Morgan fingerprint density at radius 3 is 2.81 bits per heavy atom. The third-order valence-corrected chi connectivity index (χ3v) is 8.69. The van der Waals surface area contributed by atoms with Gasteiger partial charge >= 0.3 is 0 Å². The SMILES string of the molecule is O=S(=O)(NC1CCSc2ccccc21)c1cc(Cl)c(Br)s1. The maximum atomic E-state index is 12.5. The van der Waals surface area contributed by atoms with Crippen molar-refractivity contribution in [1.29, 1.82) is 0 Å². The summed E-state index contributed by atoms with van der Waals surface area (Å²) in [5, 5.41) is 0.417. The molecule has 2 aromatic rings. The van der Waals surface area contributed by atoms with E-state index >= 15 is 0 Å². The minimum Gasteiger partial charge on any atom is -0.206 e. The normalized spacial score (nSPS) is 18.5. The number of rotatable bonds is 3. The molecule has 1 aromatic carbocycles. The van der Waals surface area contributed by atoms with Gasteiger partial charge in [0, 0.05) is 10.9 Å². The Kier molecular flexibility index (Phi) is 4.69. The first-order chi connectivity index (χ1) is 9.97. The zero-order valence-electron chi connectivity index (χ0n) is 10.7. The van der Waals surface area contributed by atoms with Gasteiger partial charge in [0.15, 0.2) is 0 Å². The zero-order chi connectivity index (χ0) is 15.0. The summed E-state index contributed by atoms with van der Waals surface area (Å²) in [5.41, 5.74) is 1.04. The second-order valence-corrected chi connectivity index (χ2v) is 10.4. The minimum absolute atomic E-state index is 0.188. The molecule has 1 unspecified atom stereocenters. The van der Waals surface area contributed by atoms with Gasteiger partial charge in [-0.3, -0.25) is 0 Å². The molecule has 1 N–H and O–H groups in total. The van der Waals surface area contributed by atoms with Crippen molar-refractivity contribution in [3.8, 4) is 0 Å². The molecule has 0 amide bonds. The second-order valence-electron chi connectivity index (χ2n) is 4.54. The van der Waals surface area contributed by atoms with Gasteiger partial charge in [-0.1, -0.05) is 29.8 Å². The first-order valence-electron chi connectivity index (χ1n) is 6.16. The smallest absolute Gasteiger partial charge is 0.206 e. The maximum absolute atomic E-state index is 12.5. The summed E-state index contributed by atoms with van der Waals surface area (Å²) < 4.78 is 28.6. The lowest BCUT2D eigenvalue weighted by molar-refractivity contribution is 0.548. The Bertz CT molecular complexity index is 756. The summed E-state index contributed by atoms with van der Waals surface area (Å²) in [6, 6.07) is 9.20. The molecule has 112 valence electrons. The number of nitrogens with one attached hydrogen (secondary N) is 1. The highest BCUT2D eigenvalue weighted by Gasteiger charge is 2.27. The topological polar surface area (TPSA) is 46.2 Å². The molecule has 1 atom stereocenters. The largest absolute Gasteiger partial charge is 0.250 e. The molecular weight excluding hydrogens is 414 g/mol. The van der Waals surface area contributed by atoms with Gasteiger partial charge in [-0.25, -0.2) is 13.1 Å². The van der Waals surface area contributed by atoms with Crippen LogP contribution in [0.3, 0.4) is 0 Å². The molecule has 1 aliphatic heterocycles. The molecule has 0 bridgehead atoms. The first-order valence-corrected chi connectivity index (χ1v) is 10.6. The third kappa shape index (κ3) is 3.33. The lowest BCUT2D eigenvalue weighted by Gasteiger charge is -2.25. The average molecular weight is 425 g/mol. The summed E-state index contributed by atoms with van der Waals surface area (Å²) in [6.07, 6.45) is 0.779. The highest BCUT2D eigenvalue weighted by Crippen LogP contribution is 2.38. The van der Waals surface area contributed by atoms with Crippen LogP contribution >= 0.6 is 50.6 Å². The number of fused-ring (bicyclic) bond motifs is 1. The van der Waals surface area contributed by atoms with Crippen LogP contribution in [0.15, 0.2) is 43.2 Å². The van der Waals surface area contributed by atoms with Crippen LogP contribution in [0.4, 0.5) is 0 Å². The Morgan fingerprint density at radius 2 is 2.10 bits per heavy atom. The van der Waals surface area contributed by atoms with Gasteiger partial charge in [0.2, 0.25) is 0 Å². The molecule has 0 saturated heterocycles. The zero-order valence-corrected chi connectivity index (χ0v) is 15.5. The van der Waals surface area contributed by atoms with E-state index in [4.69, 9.17) is 11.6 Å². The van der Waals surface area contributed by atoms with Crippen molar-refractivity contribution in [3.63, 3.8) is 0 Å². The van der Waals surface area contributed by atoms with Crippen LogP contribution in [0.5, 0.6) is 0 Å². The van der Waals surface area contributed by atoms with Crippen molar-refractivity contribution < 1.29 is 8.42 Å². The molecular formula is C13H11BrClNO2S3. The molecule has 0 spiro atoms. The number of benzene rings is 1. The van der Waals surface area contributed by atoms with Gasteiger partial charge in [0.1, 0.15) is 4.21 Å². The standard InChI is InChI=1S/C13H11BrClNO2S3/c14-13-9(15)7-12(20-13)21(17,18)16-10-5-6-19-11-4-2-1-3-8(10)11/h1-4,7,10,16H,5-6H2. The molecule has 1 aromatic heterocycles. The second kappa shape index (κ2) is 6.22. The van der Waals surface area contributed by atoms with Gasteiger partial charge in [-0.15, -0.1) is 23.1 Å². The number of halogens is 2. The fourth-order valence-electron chi connectivity index (χ4n) is 2.17. The predicted octanol–water partition coefficient (Wildman–Crippen LogP) is 4.68. The van der Waals surface area contributed by atoms with Crippen LogP contribution in [-0.2, 0) is 10.0 Å². The summed E-state index contributed by atoms with van der Waals surface area (Å²) in [4.78, 5) is 1.14. The number of thioether (sulfide) groups is 1. The van der Waals surface area contributed by atoms with Crippen molar-refractivity contribution >= 4 is 60.7 Å². The Labute approximate surface area is 145 Å². The van der Waals surface area contributed by atoms with Crippen molar-refractivity contribution in [3.05, 3.63) is 44.7 Å². The molecule has 0 fully saturated rings. The maximum Gasteiger partial charge on any atom is 0.250 e. The number of thiophene rings is 1. The molecule has 0 saturated carbocycles. The van der Waals surface area contributed by atoms with Crippen LogP contribution < -0.4 is 4.72 Å². The van der Waals surface area contributed by atoms with E-state index in [0.717, 1.165) is 34.0 Å². The first kappa shape index (κ1) is 15.8. The average Bonchev–Trinajstić information content (AvgIpc) is 2.80. The Morgan fingerprint density at radius 1 is 1.33 bits per heavy atom. The summed E-state index contributed by atoms with van der Waals surface area (Å²) in [7, 11) is -3.56. The van der Waals surface area contributed by atoms with E-state index < -0.39 is 10.0 Å². The number of hydrogen-bond donors (Lipinski definition) is 1. The predicted molar refractivity (Wildman–Crippen MR) is 91.9 cm³/mol. The van der Waals surface area contributed by atoms with E-state index in [2.05, 4.69) is 20.7 Å². The summed E-state index contributed by atoms with van der Waals surface area (Å²) >= 11 is 12.1. The fraction of sp³-hybridized carbons (Fsp3) is 0.231. The van der Waals surface area contributed by atoms with Crippen molar-refractivity contribution in [2.45, 2.75) is 21.6 Å². The highest BCUT2D eigenvalue weighted by molar-refractivity contribution is 9.11. The lowest BCUT2D eigenvalue weighted by atomic mass is 10.1. The van der Waals surface area contributed by atoms with Crippen LogP contribution in [0, 0.1) is 0 Å². The van der Waals surface area contributed by atoms with Crippen molar-refractivity contribution in [1.82, 2.24) is 4.72 Å². The molecule has 1 aliphatic rings. The third-order valence-electron chi connectivity index (χ3n) is 3.14. The minimum atomic E-state index is -3.56. The number of hydrogen-bond acceptors (Lipinski definition) is 4. The monoisotopic (exact) mass is 423 g/mol. The van der Waals surface area contributed by atoms with E-state index in [1.54, 1.807) is 11.8 Å². The number of sulfonamides is 1. The van der Waals surface area contributed by atoms with Crippen molar-refractivity contribution in [2.24, 2.45) is 0 Å². The van der Waals surface area contributed by atoms with Crippen LogP contribution in [0.2, 0.25) is 5.02 Å². The van der Waals surface area contributed by atoms with E-state index in [9.17, 15) is 8.42 Å². The molecule has 2 heterocycles. The van der Waals surface area contributed by atoms with E-state index in [-0.39, 0.29) is 10.3 Å². The molecule has 3 rings (SSSR count). The van der Waals surface area contributed by atoms with E-state index in [1.807, 2.05) is 24.3 Å². The molecule has 0 aliphatic carbocycles. The van der Waals surface area contributed by atoms with Gasteiger partial charge in [-0.05, 0) is 45.8 Å². The Hall–Kier alpha value is -0.0500. The molecule has 21 heavy (non-hydrogen) atoms. The van der Waals surface area contributed by atoms with Crippen LogP contribution in [0.1, 0.15) is 18.0 Å². The van der Waals surface area contributed by atoms with E-state index in [1.165, 1.54) is 6.07 Å². The van der Waals surface area contributed by atoms with Gasteiger partial charge in [-0.2, -0.15) is 0 Å². The fourth-order valence-corrected chi connectivity index (χ4v) is 6.96. The summed E-state index contributed by atoms with van der Waals surface area (Å²) in [6.45, 7) is 0. The van der Waals surface area contributed by atoms with Gasteiger partial charge in [0.25, 0.3) is 10.0 Å². The molecule has 8 heteroatoms. The summed E-state index contributed by atoms with van der Waals surface area (Å²) in [5.74, 6) is 0.902. The van der Waals surface area contributed by atoms with Crippen LogP contribution in [-0.4, -0.2) is 14.2 Å². The van der Waals surface area contributed by atoms with Crippen molar-refractivity contribution in [2.75, 3.05) is 5.75 Å². The molecule has 3 nitrogen and oxygen atoms in total.